The molecule has 0 aromatic heterocycles. The Morgan fingerprint density at radius 2 is 1.71 bits per heavy atom. The number of hydrogen-bond acceptors (Lipinski definition) is 5. The van der Waals surface area contributed by atoms with Crippen LogP contribution in [0.15, 0.2) is 48.5 Å². The molecule has 0 radical (unpaired) electrons. The summed E-state index contributed by atoms with van der Waals surface area (Å²) in [6.07, 6.45) is 2.97. The van der Waals surface area contributed by atoms with Crippen LogP contribution in [0, 0.1) is 5.82 Å². The van der Waals surface area contributed by atoms with E-state index < -0.39 is 17.8 Å². The third-order valence-corrected chi connectivity index (χ3v) is 6.84. The van der Waals surface area contributed by atoms with E-state index in [4.69, 9.17) is 4.74 Å². The van der Waals surface area contributed by atoms with Gasteiger partial charge in [-0.15, -0.1) is 0 Å². The molecule has 1 atom stereocenters. The summed E-state index contributed by atoms with van der Waals surface area (Å²) in [6.45, 7) is 11.4. The second-order valence-corrected chi connectivity index (χ2v) is 10.1. The van der Waals surface area contributed by atoms with Crippen LogP contribution in [-0.4, -0.2) is 92.0 Å². The molecule has 1 unspecified atom stereocenters. The first kappa shape index (κ1) is 29.6. The first-order chi connectivity index (χ1) is 18.4. The van der Waals surface area contributed by atoms with Gasteiger partial charge in [0.25, 0.3) is 5.91 Å². The van der Waals surface area contributed by atoms with Gasteiger partial charge in [-0.3, -0.25) is 9.59 Å². The highest BCUT2D eigenvalue weighted by Crippen LogP contribution is 2.16. The van der Waals surface area contributed by atoms with Crippen molar-refractivity contribution in [1.29, 1.82) is 0 Å². The quantitative estimate of drug-likeness (QED) is 0.379. The minimum atomic E-state index is -0.751. The number of nitrogens with zero attached hydrogens (tertiary/aromatic N) is 3. The van der Waals surface area contributed by atoms with E-state index in [9.17, 15) is 14.0 Å². The third kappa shape index (κ3) is 9.40. The molecular weight excluding hydrogens is 483 g/mol. The van der Waals surface area contributed by atoms with Crippen molar-refractivity contribution in [3.05, 3.63) is 65.5 Å². The average Bonchev–Trinajstić information content (AvgIpc) is 2.92. The fourth-order valence-corrected chi connectivity index (χ4v) is 4.67. The summed E-state index contributed by atoms with van der Waals surface area (Å²) in [5.74, 6) is -0.283. The van der Waals surface area contributed by atoms with Crippen LogP contribution in [0.4, 0.5) is 4.39 Å². The molecule has 0 saturated carbocycles. The Hall–Kier alpha value is -2.97. The average molecular weight is 527 g/mol. The van der Waals surface area contributed by atoms with E-state index in [1.807, 2.05) is 38.1 Å². The van der Waals surface area contributed by atoms with Crippen molar-refractivity contribution in [1.82, 2.24) is 20.0 Å². The summed E-state index contributed by atoms with van der Waals surface area (Å²) >= 11 is 0. The van der Waals surface area contributed by atoms with Crippen LogP contribution in [0.5, 0.6) is 5.75 Å². The molecule has 1 aliphatic heterocycles. The Kier molecular flexibility index (Phi) is 12.0. The topological polar surface area (TPSA) is 65.1 Å². The van der Waals surface area contributed by atoms with Crippen LogP contribution in [0.25, 0.3) is 0 Å². The number of rotatable bonds is 14. The molecule has 1 fully saturated rings. The highest BCUT2D eigenvalue weighted by Gasteiger charge is 2.26. The second-order valence-electron chi connectivity index (χ2n) is 10.1. The highest BCUT2D eigenvalue weighted by molar-refractivity contribution is 5.97. The molecule has 8 heteroatoms. The Balaban J connectivity index is 1.60. The molecule has 0 aliphatic carbocycles. The number of hydrogen-bond donors (Lipinski definition) is 1. The number of amides is 2. The number of carbonyl (C=O) groups is 2. The van der Waals surface area contributed by atoms with Gasteiger partial charge in [0.05, 0.1) is 6.61 Å². The zero-order chi connectivity index (χ0) is 27.3. The van der Waals surface area contributed by atoms with Crippen molar-refractivity contribution in [2.45, 2.75) is 45.6 Å². The number of carbonyl (C=O) groups excluding carboxylic acids is 2. The number of ether oxygens (including phenoxy) is 1. The monoisotopic (exact) mass is 526 g/mol. The molecule has 1 N–H and O–H groups in total. The zero-order valence-corrected chi connectivity index (χ0v) is 23.1. The maximum atomic E-state index is 13.7. The van der Waals surface area contributed by atoms with Gasteiger partial charge >= 0.3 is 0 Å². The lowest BCUT2D eigenvalue weighted by atomic mass is 10.0. The van der Waals surface area contributed by atoms with Crippen molar-refractivity contribution in [3.8, 4) is 5.75 Å². The third-order valence-electron chi connectivity index (χ3n) is 6.84. The molecule has 1 aliphatic rings. The number of benzene rings is 2. The Bertz CT molecular complexity index is 1000. The van der Waals surface area contributed by atoms with Crippen molar-refractivity contribution >= 4 is 11.8 Å². The van der Waals surface area contributed by atoms with E-state index in [0.717, 1.165) is 63.3 Å². The van der Waals surface area contributed by atoms with Crippen LogP contribution in [-0.2, 0) is 11.2 Å². The first-order valence-corrected chi connectivity index (χ1v) is 13.9. The van der Waals surface area contributed by atoms with E-state index >= 15 is 0 Å². The van der Waals surface area contributed by atoms with Gasteiger partial charge in [-0.2, -0.15) is 0 Å². The maximum Gasteiger partial charge on any atom is 0.252 e. The van der Waals surface area contributed by atoms with Crippen molar-refractivity contribution in [2.75, 3.05) is 59.5 Å². The molecule has 7 nitrogen and oxygen atoms in total. The summed E-state index contributed by atoms with van der Waals surface area (Å²) in [7, 11) is 2.16. The molecule has 2 aromatic carbocycles. The van der Waals surface area contributed by atoms with Gasteiger partial charge in [-0.25, -0.2) is 4.39 Å². The van der Waals surface area contributed by atoms with Gasteiger partial charge in [0.15, 0.2) is 0 Å². The largest absolute Gasteiger partial charge is 0.494 e. The fourth-order valence-electron chi connectivity index (χ4n) is 4.67. The lowest BCUT2D eigenvalue weighted by molar-refractivity contribution is -0.133. The number of likely N-dealkylation sites (N-methyl/N-ethyl adjacent to an activating group) is 1. The number of piperazine rings is 1. The van der Waals surface area contributed by atoms with Gasteiger partial charge in [0, 0.05) is 57.8 Å². The molecule has 0 bridgehead atoms. The number of halogens is 1. The summed E-state index contributed by atoms with van der Waals surface area (Å²) in [5, 5.41) is 2.86. The summed E-state index contributed by atoms with van der Waals surface area (Å²) in [4.78, 5) is 33.0. The number of nitrogens with one attached hydrogen (secondary N) is 1. The molecule has 38 heavy (non-hydrogen) atoms. The lowest BCUT2D eigenvalue weighted by Crippen LogP contribution is -2.50. The van der Waals surface area contributed by atoms with Crippen LogP contribution < -0.4 is 10.1 Å². The smallest absolute Gasteiger partial charge is 0.252 e. The van der Waals surface area contributed by atoms with Crippen LogP contribution in [0.1, 0.15) is 49.0 Å². The van der Waals surface area contributed by atoms with Crippen LogP contribution >= 0.6 is 0 Å². The minimum absolute atomic E-state index is 0.123. The summed E-state index contributed by atoms with van der Waals surface area (Å²) in [5.41, 5.74) is 1.11. The van der Waals surface area contributed by atoms with Crippen molar-refractivity contribution in [2.24, 2.45) is 0 Å². The molecule has 1 saturated heterocycles. The summed E-state index contributed by atoms with van der Waals surface area (Å²) < 4.78 is 19.6. The van der Waals surface area contributed by atoms with E-state index in [1.54, 1.807) is 11.0 Å². The SMILES string of the molecule is CCCN(CCC)C(=O)C(Cc1ccc(OCCCN2CCN(C)CC2)cc1)NC(=O)c1cccc(F)c1. The predicted molar refractivity (Wildman–Crippen MR) is 149 cm³/mol. The van der Waals surface area contributed by atoms with Gasteiger partial charge in [0.1, 0.15) is 17.6 Å². The lowest BCUT2D eigenvalue weighted by Gasteiger charge is -2.32. The molecule has 3 rings (SSSR count). The van der Waals surface area contributed by atoms with Crippen molar-refractivity contribution in [3.63, 3.8) is 0 Å². The fraction of sp³-hybridized carbons (Fsp3) is 0.533. The Morgan fingerprint density at radius 1 is 1.03 bits per heavy atom. The normalized spacial score (nSPS) is 15.2. The standard InChI is InChI=1S/C30H43FN4O3/c1-4-14-35(15-5-2)30(37)28(32-29(36)25-8-6-9-26(31)23-25)22-24-10-12-27(13-11-24)38-21-7-16-34-19-17-33(3)18-20-34/h6,8-13,23,28H,4-5,7,14-22H2,1-3H3,(H,32,36). The predicted octanol–water partition coefficient (Wildman–Crippen LogP) is 3.83. The second kappa shape index (κ2) is 15.4. The van der Waals surface area contributed by atoms with Gasteiger partial charge in [0.2, 0.25) is 5.91 Å². The highest BCUT2D eigenvalue weighted by atomic mass is 19.1. The molecule has 1 heterocycles. The first-order valence-electron chi connectivity index (χ1n) is 13.9. The molecule has 208 valence electrons. The molecule has 2 aromatic rings. The molecule has 2 amide bonds. The van der Waals surface area contributed by atoms with E-state index in [0.29, 0.717) is 26.1 Å². The summed E-state index contributed by atoms with van der Waals surface area (Å²) in [6, 6.07) is 12.5. The molecule has 0 spiro atoms. The van der Waals surface area contributed by atoms with Crippen LogP contribution in [0.3, 0.4) is 0 Å². The van der Waals surface area contributed by atoms with E-state index in [2.05, 4.69) is 22.2 Å². The van der Waals surface area contributed by atoms with Gasteiger partial charge < -0.3 is 24.8 Å². The van der Waals surface area contributed by atoms with Gasteiger partial charge in [-0.1, -0.05) is 32.0 Å². The molecular formula is C30H43FN4O3. The maximum absolute atomic E-state index is 13.7. The van der Waals surface area contributed by atoms with Crippen molar-refractivity contribution < 1.29 is 18.7 Å². The minimum Gasteiger partial charge on any atom is -0.494 e. The van der Waals surface area contributed by atoms with Crippen LogP contribution in [0.2, 0.25) is 0 Å². The van der Waals surface area contributed by atoms with Gasteiger partial charge in [-0.05, 0) is 62.2 Å². The Labute approximate surface area is 226 Å². The van der Waals surface area contributed by atoms with E-state index in [1.165, 1.54) is 18.2 Å². The van der Waals surface area contributed by atoms with E-state index in [-0.39, 0.29) is 11.5 Å². The Morgan fingerprint density at radius 3 is 2.34 bits per heavy atom. The zero-order valence-electron chi connectivity index (χ0n) is 23.1.